The normalized spacial score (nSPS) is 10.0. The molecule has 0 radical (unpaired) electrons. The average molecular weight is 305 g/mol. The second-order valence-electron chi connectivity index (χ2n) is 4.28. The third-order valence-electron chi connectivity index (χ3n) is 2.73. The lowest BCUT2D eigenvalue weighted by atomic mass is 10.2. The summed E-state index contributed by atoms with van der Waals surface area (Å²) >= 11 is 5.77. The van der Waals surface area contributed by atoms with E-state index < -0.39 is 18.5 Å². The summed E-state index contributed by atoms with van der Waals surface area (Å²) in [6.07, 6.45) is 1.46. The number of nitrogens with one attached hydrogen (secondary N) is 1. The van der Waals surface area contributed by atoms with Crippen LogP contribution < -0.4 is 5.32 Å². The van der Waals surface area contributed by atoms with E-state index in [0.717, 1.165) is 5.56 Å². The maximum absolute atomic E-state index is 11.8. The number of halogens is 1. The number of esters is 1. The number of hydrogen-bond donors (Lipinski definition) is 1. The van der Waals surface area contributed by atoms with E-state index in [1.165, 1.54) is 12.3 Å². The minimum Gasteiger partial charge on any atom is -0.452 e. The van der Waals surface area contributed by atoms with Crippen LogP contribution in [0.3, 0.4) is 0 Å². The van der Waals surface area contributed by atoms with Crippen LogP contribution in [0.5, 0.6) is 0 Å². The molecule has 2 aromatic rings. The Morgan fingerprint density at radius 1 is 1.24 bits per heavy atom. The van der Waals surface area contributed by atoms with Crippen LogP contribution in [0, 0.1) is 6.92 Å². The Morgan fingerprint density at radius 3 is 2.71 bits per heavy atom. The minimum absolute atomic E-state index is 0.0433. The van der Waals surface area contributed by atoms with Crippen LogP contribution >= 0.6 is 11.6 Å². The Balaban J connectivity index is 1.91. The van der Waals surface area contributed by atoms with Gasteiger partial charge in [-0.15, -0.1) is 0 Å². The maximum atomic E-state index is 11.8. The van der Waals surface area contributed by atoms with Crippen LogP contribution in [0.15, 0.2) is 42.6 Å². The van der Waals surface area contributed by atoms with Crippen molar-refractivity contribution in [1.29, 1.82) is 0 Å². The lowest BCUT2D eigenvalue weighted by Crippen LogP contribution is -2.21. The van der Waals surface area contributed by atoms with Gasteiger partial charge in [0.05, 0.1) is 5.56 Å². The molecule has 0 spiro atoms. The number of rotatable bonds is 4. The molecular weight excluding hydrogens is 292 g/mol. The number of carbonyl (C=O) groups excluding carboxylic acids is 2. The molecule has 2 rings (SSSR count). The Kier molecular flexibility index (Phi) is 4.90. The highest BCUT2D eigenvalue weighted by Gasteiger charge is 2.14. The van der Waals surface area contributed by atoms with E-state index in [9.17, 15) is 9.59 Å². The van der Waals surface area contributed by atoms with E-state index in [1.807, 2.05) is 25.1 Å². The van der Waals surface area contributed by atoms with Crippen LogP contribution in [-0.2, 0) is 9.53 Å². The predicted octanol–water partition coefficient (Wildman–Crippen LogP) is 2.84. The fourth-order valence-electron chi connectivity index (χ4n) is 1.65. The van der Waals surface area contributed by atoms with Gasteiger partial charge in [0, 0.05) is 11.9 Å². The van der Waals surface area contributed by atoms with Crippen LogP contribution in [0.4, 0.5) is 5.69 Å². The van der Waals surface area contributed by atoms with Gasteiger partial charge < -0.3 is 10.1 Å². The summed E-state index contributed by atoms with van der Waals surface area (Å²) in [5, 5.41) is 2.71. The number of para-hydroxylation sites is 1. The third-order valence-corrected chi connectivity index (χ3v) is 3.03. The smallest absolute Gasteiger partial charge is 0.341 e. The molecule has 1 amide bonds. The third kappa shape index (κ3) is 4.03. The molecule has 0 aliphatic carbocycles. The number of hydrogen-bond acceptors (Lipinski definition) is 4. The fourth-order valence-corrected chi connectivity index (χ4v) is 1.84. The number of ether oxygens (including phenoxy) is 1. The van der Waals surface area contributed by atoms with Crippen molar-refractivity contribution in [2.45, 2.75) is 6.92 Å². The second kappa shape index (κ2) is 6.85. The Bertz CT molecular complexity index is 673. The number of aromatic nitrogens is 1. The van der Waals surface area contributed by atoms with E-state index in [1.54, 1.807) is 12.1 Å². The summed E-state index contributed by atoms with van der Waals surface area (Å²) in [5.41, 5.74) is 1.73. The summed E-state index contributed by atoms with van der Waals surface area (Å²) in [7, 11) is 0. The Hall–Kier alpha value is -2.40. The van der Waals surface area contributed by atoms with Gasteiger partial charge >= 0.3 is 5.97 Å². The van der Waals surface area contributed by atoms with E-state index in [-0.39, 0.29) is 10.7 Å². The first kappa shape index (κ1) is 15.0. The number of nitrogens with zero attached hydrogens (tertiary/aromatic N) is 1. The molecule has 1 heterocycles. The molecule has 0 saturated heterocycles. The molecule has 21 heavy (non-hydrogen) atoms. The molecule has 0 fully saturated rings. The first-order chi connectivity index (χ1) is 10.1. The highest BCUT2D eigenvalue weighted by molar-refractivity contribution is 6.32. The van der Waals surface area contributed by atoms with Gasteiger partial charge in [0.15, 0.2) is 6.61 Å². The second-order valence-corrected chi connectivity index (χ2v) is 4.64. The van der Waals surface area contributed by atoms with Gasteiger partial charge in [-0.3, -0.25) is 4.79 Å². The Labute approximate surface area is 126 Å². The molecule has 5 nitrogen and oxygen atoms in total. The quantitative estimate of drug-likeness (QED) is 0.696. The van der Waals surface area contributed by atoms with Crippen LogP contribution in [-0.4, -0.2) is 23.5 Å². The zero-order valence-electron chi connectivity index (χ0n) is 11.3. The van der Waals surface area contributed by atoms with E-state index in [0.29, 0.717) is 5.69 Å². The molecule has 0 atom stereocenters. The largest absolute Gasteiger partial charge is 0.452 e. The van der Waals surface area contributed by atoms with Crippen molar-refractivity contribution < 1.29 is 14.3 Å². The monoisotopic (exact) mass is 304 g/mol. The lowest BCUT2D eigenvalue weighted by Gasteiger charge is -2.09. The van der Waals surface area contributed by atoms with Crippen molar-refractivity contribution in [1.82, 2.24) is 4.98 Å². The Morgan fingerprint density at radius 2 is 2.00 bits per heavy atom. The topological polar surface area (TPSA) is 68.3 Å². The molecule has 1 aromatic carbocycles. The van der Waals surface area contributed by atoms with Crippen molar-refractivity contribution >= 4 is 29.2 Å². The number of benzene rings is 1. The van der Waals surface area contributed by atoms with Gasteiger partial charge in [0.1, 0.15) is 5.15 Å². The fraction of sp³-hybridized carbons (Fsp3) is 0.133. The standard InChI is InChI=1S/C15H13ClN2O3/c1-10-5-2-3-7-12(10)18-13(19)9-21-15(20)11-6-4-8-17-14(11)16/h2-8H,9H2,1H3,(H,18,19). The molecule has 1 aromatic heterocycles. The molecule has 0 unspecified atom stereocenters. The SMILES string of the molecule is Cc1ccccc1NC(=O)COC(=O)c1cccnc1Cl. The van der Waals surface area contributed by atoms with Crippen molar-refractivity contribution in [3.05, 3.63) is 58.9 Å². The van der Waals surface area contributed by atoms with Crippen LogP contribution in [0.1, 0.15) is 15.9 Å². The molecule has 1 N–H and O–H groups in total. The van der Waals surface area contributed by atoms with Gasteiger partial charge in [-0.05, 0) is 30.7 Å². The molecule has 108 valence electrons. The first-order valence-corrected chi connectivity index (χ1v) is 6.59. The minimum atomic E-state index is -0.687. The molecule has 6 heteroatoms. The van der Waals surface area contributed by atoms with Gasteiger partial charge in [-0.25, -0.2) is 9.78 Å². The average Bonchev–Trinajstić information content (AvgIpc) is 2.48. The van der Waals surface area contributed by atoms with Crippen molar-refractivity contribution in [2.24, 2.45) is 0 Å². The molecule has 0 bridgehead atoms. The summed E-state index contributed by atoms with van der Waals surface area (Å²) in [4.78, 5) is 27.3. The maximum Gasteiger partial charge on any atom is 0.341 e. The van der Waals surface area contributed by atoms with Gasteiger partial charge in [-0.2, -0.15) is 0 Å². The van der Waals surface area contributed by atoms with E-state index in [2.05, 4.69) is 10.3 Å². The van der Waals surface area contributed by atoms with Gasteiger partial charge in [0.2, 0.25) is 0 Å². The van der Waals surface area contributed by atoms with Gasteiger partial charge in [0.25, 0.3) is 5.91 Å². The molecule has 0 aliphatic rings. The van der Waals surface area contributed by atoms with E-state index in [4.69, 9.17) is 16.3 Å². The lowest BCUT2D eigenvalue weighted by molar-refractivity contribution is -0.119. The number of carbonyl (C=O) groups is 2. The number of aryl methyl sites for hydroxylation is 1. The molecular formula is C15H13ClN2O3. The number of anilines is 1. The summed E-state index contributed by atoms with van der Waals surface area (Å²) in [6.45, 7) is 1.48. The highest BCUT2D eigenvalue weighted by Crippen LogP contribution is 2.14. The zero-order chi connectivity index (χ0) is 15.2. The van der Waals surface area contributed by atoms with Crippen molar-refractivity contribution in [3.8, 4) is 0 Å². The van der Waals surface area contributed by atoms with Crippen molar-refractivity contribution in [3.63, 3.8) is 0 Å². The van der Waals surface area contributed by atoms with Crippen LogP contribution in [0.25, 0.3) is 0 Å². The summed E-state index contributed by atoms with van der Waals surface area (Å²) in [6, 6.07) is 10.4. The number of amides is 1. The highest BCUT2D eigenvalue weighted by atomic mass is 35.5. The summed E-state index contributed by atoms with van der Waals surface area (Å²) in [5.74, 6) is -1.11. The van der Waals surface area contributed by atoms with E-state index >= 15 is 0 Å². The number of pyridine rings is 1. The molecule has 0 aliphatic heterocycles. The van der Waals surface area contributed by atoms with Crippen LogP contribution in [0.2, 0.25) is 5.15 Å². The first-order valence-electron chi connectivity index (χ1n) is 6.21. The zero-order valence-corrected chi connectivity index (χ0v) is 12.1. The van der Waals surface area contributed by atoms with Gasteiger partial charge in [-0.1, -0.05) is 29.8 Å². The van der Waals surface area contributed by atoms with Crippen molar-refractivity contribution in [2.75, 3.05) is 11.9 Å². The molecule has 0 saturated carbocycles. The summed E-state index contributed by atoms with van der Waals surface area (Å²) < 4.78 is 4.91. The predicted molar refractivity (Wildman–Crippen MR) is 79.3 cm³/mol.